The Morgan fingerprint density at radius 2 is 2.30 bits per heavy atom. The molecule has 0 aliphatic carbocycles. The lowest BCUT2D eigenvalue weighted by Crippen LogP contribution is -2.50. The fourth-order valence-corrected chi connectivity index (χ4v) is 1.90. The molecule has 0 saturated carbocycles. The van der Waals surface area contributed by atoms with E-state index >= 15 is 0 Å². The van der Waals surface area contributed by atoms with Crippen molar-refractivity contribution in [2.45, 2.75) is 0 Å². The number of rotatable bonds is 1. The standard InChI is InChI=1S/C14H14FN3O2/c15-12-8-10(2-1-5-16)3-4-11(12)14(20)18-7-6-17-13(19)9-18/h3-4,8H,5-7,9,16H2,(H,17,19). The minimum atomic E-state index is -0.648. The number of nitrogens with zero attached hydrogens (tertiary/aromatic N) is 1. The molecule has 0 aromatic heterocycles. The Kier molecular flexibility index (Phi) is 4.33. The maximum absolute atomic E-state index is 13.9. The molecule has 3 N–H and O–H groups in total. The van der Waals surface area contributed by atoms with Crippen molar-refractivity contribution in [3.63, 3.8) is 0 Å². The molecule has 6 heteroatoms. The minimum Gasteiger partial charge on any atom is -0.353 e. The molecule has 0 spiro atoms. The van der Waals surface area contributed by atoms with E-state index in [-0.39, 0.29) is 24.6 Å². The maximum Gasteiger partial charge on any atom is 0.257 e. The van der Waals surface area contributed by atoms with Gasteiger partial charge in [-0.3, -0.25) is 9.59 Å². The number of hydrogen-bond donors (Lipinski definition) is 2. The normalized spacial score (nSPS) is 14.3. The maximum atomic E-state index is 13.9. The summed E-state index contributed by atoms with van der Waals surface area (Å²) in [4.78, 5) is 24.7. The summed E-state index contributed by atoms with van der Waals surface area (Å²) in [6, 6.07) is 4.13. The van der Waals surface area contributed by atoms with E-state index in [1.807, 2.05) is 0 Å². The summed E-state index contributed by atoms with van der Waals surface area (Å²) in [5.74, 6) is 3.93. The summed E-state index contributed by atoms with van der Waals surface area (Å²) in [5.41, 5.74) is 5.64. The number of nitrogens with one attached hydrogen (secondary N) is 1. The first kappa shape index (κ1) is 14.0. The Labute approximate surface area is 115 Å². The van der Waals surface area contributed by atoms with E-state index in [0.29, 0.717) is 18.7 Å². The lowest BCUT2D eigenvalue weighted by Gasteiger charge is -2.26. The van der Waals surface area contributed by atoms with Crippen molar-refractivity contribution < 1.29 is 14.0 Å². The van der Waals surface area contributed by atoms with Crippen LogP contribution in [-0.2, 0) is 4.79 Å². The Morgan fingerprint density at radius 1 is 1.50 bits per heavy atom. The van der Waals surface area contributed by atoms with Gasteiger partial charge in [0.25, 0.3) is 5.91 Å². The summed E-state index contributed by atoms with van der Waals surface area (Å²) in [7, 11) is 0. The number of halogens is 1. The van der Waals surface area contributed by atoms with E-state index in [2.05, 4.69) is 17.2 Å². The first-order chi connectivity index (χ1) is 9.61. The van der Waals surface area contributed by atoms with Crippen molar-refractivity contribution in [1.29, 1.82) is 0 Å². The monoisotopic (exact) mass is 275 g/mol. The van der Waals surface area contributed by atoms with Gasteiger partial charge in [-0.15, -0.1) is 0 Å². The summed E-state index contributed by atoms with van der Waals surface area (Å²) < 4.78 is 13.9. The van der Waals surface area contributed by atoms with Crippen LogP contribution in [0.4, 0.5) is 4.39 Å². The number of nitrogens with two attached hydrogens (primary N) is 1. The molecule has 1 aliphatic heterocycles. The zero-order chi connectivity index (χ0) is 14.5. The predicted molar refractivity (Wildman–Crippen MR) is 71.2 cm³/mol. The number of benzene rings is 1. The van der Waals surface area contributed by atoms with Gasteiger partial charge in [-0.1, -0.05) is 11.8 Å². The highest BCUT2D eigenvalue weighted by molar-refractivity contribution is 5.97. The van der Waals surface area contributed by atoms with Crippen LogP contribution in [0.15, 0.2) is 18.2 Å². The van der Waals surface area contributed by atoms with Crippen LogP contribution in [0, 0.1) is 17.7 Å². The third kappa shape index (κ3) is 3.13. The first-order valence-corrected chi connectivity index (χ1v) is 6.16. The second kappa shape index (κ2) is 6.17. The van der Waals surface area contributed by atoms with Crippen molar-refractivity contribution in [1.82, 2.24) is 10.2 Å². The quantitative estimate of drug-likeness (QED) is 0.691. The van der Waals surface area contributed by atoms with Crippen molar-refractivity contribution >= 4 is 11.8 Å². The smallest absolute Gasteiger partial charge is 0.257 e. The summed E-state index contributed by atoms with van der Waals surface area (Å²) in [6.07, 6.45) is 0. The number of piperazine rings is 1. The average molecular weight is 275 g/mol. The Bertz CT molecular complexity index is 604. The van der Waals surface area contributed by atoms with Gasteiger partial charge < -0.3 is 16.0 Å². The minimum absolute atomic E-state index is 0.0486. The van der Waals surface area contributed by atoms with Gasteiger partial charge in [0.2, 0.25) is 5.91 Å². The van der Waals surface area contributed by atoms with Gasteiger partial charge in [0.15, 0.2) is 0 Å². The molecular formula is C14H14FN3O2. The molecule has 0 unspecified atom stereocenters. The van der Waals surface area contributed by atoms with Crippen LogP contribution in [0.2, 0.25) is 0 Å². The molecule has 1 saturated heterocycles. The second-order valence-corrected chi connectivity index (χ2v) is 4.28. The summed E-state index contributed by atoms with van der Waals surface area (Å²) in [6.45, 7) is 0.892. The number of amides is 2. The largest absolute Gasteiger partial charge is 0.353 e. The van der Waals surface area contributed by atoms with Crippen LogP contribution < -0.4 is 11.1 Å². The number of carbonyl (C=O) groups is 2. The number of hydrogen-bond acceptors (Lipinski definition) is 3. The Morgan fingerprint density at radius 3 is 2.95 bits per heavy atom. The van der Waals surface area contributed by atoms with E-state index in [9.17, 15) is 14.0 Å². The van der Waals surface area contributed by atoms with E-state index in [1.54, 1.807) is 6.07 Å². The van der Waals surface area contributed by atoms with Gasteiger partial charge in [0.05, 0.1) is 18.7 Å². The van der Waals surface area contributed by atoms with Crippen LogP contribution in [0.3, 0.4) is 0 Å². The highest BCUT2D eigenvalue weighted by atomic mass is 19.1. The van der Waals surface area contributed by atoms with Crippen LogP contribution in [-0.4, -0.2) is 42.9 Å². The molecule has 0 atom stereocenters. The molecule has 1 aromatic rings. The van der Waals surface area contributed by atoms with Crippen molar-refractivity contribution in [3.8, 4) is 11.8 Å². The molecule has 5 nitrogen and oxygen atoms in total. The molecule has 1 aromatic carbocycles. The van der Waals surface area contributed by atoms with Crippen LogP contribution >= 0.6 is 0 Å². The molecule has 2 amide bonds. The van der Waals surface area contributed by atoms with Crippen molar-refractivity contribution in [2.24, 2.45) is 5.73 Å². The molecule has 0 bridgehead atoms. The average Bonchev–Trinajstić information content (AvgIpc) is 2.44. The van der Waals surface area contributed by atoms with Crippen molar-refractivity contribution in [3.05, 3.63) is 35.1 Å². The second-order valence-electron chi connectivity index (χ2n) is 4.28. The van der Waals surface area contributed by atoms with Gasteiger partial charge in [-0.25, -0.2) is 4.39 Å². The fraction of sp³-hybridized carbons (Fsp3) is 0.286. The van der Waals surface area contributed by atoms with Crippen LogP contribution in [0.5, 0.6) is 0 Å². The third-order valence-electron chi connectivity index (χ3n) is 2.86. The van der Waals surface area contributed by atoms with Gasteiger partial charge in [-0.05, 0) is 18.2 Å². The zero-order valence-electron chi connectivity index (χ0n) is 10.8. The first-order valence-electron chi connectivity index (χ1n) is 6.16. The molecule has 1 fully saturated rings. The topological polar surface area (TPSA) is 75.4 Å². The predicted octanol–water partition coefficient (Wildman–Crippen LogP) is -0.292. The van der Waals surface area contributed by atoms with Gasteiger partial charge in [0.1, 0.15) is 5.82 Å². The lowest BCUT2D eigenvalue weighted by atomic mass is 10.1. The van der Waals surface area contributed by atoms with E-state index in [0.717, 1.165) is 0 Å². The highest BCUT2D eigenvalue weighted by Gasteiger charge is 2.24. The molecule has 2 rings (SSSR count). The molecule has 1 heterocycles. The Balaban J connectivity index is 2.20. The molecule has 0 radical (unpaired) electrons. The van der Waals surface area contributed by atoms with Crippen LogP contribution in [0.25, 0.3) is 0 Å². The Hall–Kier alpha value is -2.39. The van der Waals surface area contributed by atoms with Crippen LogP contribution in [0.1, 0.15) is 15.9 Å². The highest BCUT2D eigenvalue weighted by Crippen LogP contribution is 2.13. The zero-order valence-corrected chi connectivity index (χ0v) is 10.8. The molecule has 20 heavy (non-hydrogen) atoms. The van der Waals surface area contributed by atoms with Gasteiger partial charge >= 0.3 is 0 Å². The van der Waals surface area contributed by atoms with Crippen molar-refractivity contribution in [2.75, 3.05) is 26.2 Å². The SMILES string of the molecule is NCC#Cc1ccc(C(=O)N2CCNC(=O)C2)c(F)c1. The molecule has 1 aliphatic rings. The van der Waals surface area contributed by atoms with E-state index in [4.69, 9.17) is 5.73 Å². The lowest BCUT2D eigenvalue weighted by molar-refractivity contribution is -0.123. The third-order valence-corrected chi connectivity index (χ3v) is 2.86. The molecular weight excluding hydrogens is 261 g/mol. The van der Waals surface area contributed by atoms with E-state index in [1.165, 1.54) is 17.0 Å². The molecule has 104 valence electrons. The fourth-order valence-electron chi connectivity index (χ4n) is 1.90. The summed E-state index contributed by atoms with van der Waals surface area (Å²) >= 11 is 0. The van der Waals surface area contributed by atoms with Gasteiger partial charge in [0, 0.05) is 18.7 Å². The summed E-state index contributed by atoms with van der Waals surface area (Å²) in [5, 5.41) is 2.61. The number of carbonyl (C=O) groups excluding carboxylic acids is 2. The van der Waals surface area contributed by atoms with E-state index < -0.39 is 11.7 Å². The van der Waals surface area contributed by atoms with Gasteiger partial charge in [-0.2, -0.15) is 0 Å².